The zero-order valence-electron chi connectivity index (χ0n) is 21.2. The second-order valence-corrected chi connectivity index (χ2v) is 11.0. The van der Waals surface area contributed by atoms with Crippen molar-refractivity contribution in [2.75, 3.05) is 18.5 Å². The van der Waals surface area contributed by atoms with Crippen molar-refractivity contribution in [3.63, 3.8) is 0 Å². The number of ether oxygens (including phenoxy) is 2. The second-order valence-electron chi connectivity index (χ2n) is 10.6. The first kappa shape index (κ1) is 24.3. The van der Waals surface area contributed by atoms with Gasteiger partial charge in [-0.25, -0.2) is 0 Å². The Morgan fingerprint density at radius 3 is 2.41 bits per heavy atom. The molecule has 0 unspecified atom stereocenters. The summed E-state index contributed by atoms with van der Waals surface area (Å²) in [5.41, 5.74) is 4.83. The van der Waals surface area contributed by atoms with E-state index in [1.165, 1.54) is 32.1 Å². The number of aromatic nitrogens is 1. The normalized spacial score (nSPS) is 18.9. The Morgan fingerprint density at radius 1 is 0.973 bits per heavy atom. The molecule has 192 valence electrons. The van der Waals surface area contributed by atoms with Crippen LogP contribution in [0.3, 0.4) is 0 Å². The lowest BCUT2D eigenvalue weighted by molar-refractivity contribution is 0.0256. The highest BCUT2D eigenvalue weighted by Crippen LogP contribution is 2.43. The average Bonchev–Trinajstić information content (AvgIpc) is 3.50. The minimum absolute atomic E-state index is 0.183. The average molecular weight is 515 g/mol. The predicted molar refractivity (Wildman–Crippen MR) is 151 cm³/mol. The summed E-state index contributed by atoms with van der Waals surface area (Å²) >= 11 is 5.54. The minimum Gasteiger partial charge on any atom is -0.490 e. The van der Waals surface area contributed by atoms with Crippen molar-refractivity contribution < 1.29 is 9.47 Å². The first-order valence-corrected chi connectivity index (χ1v) is 14.1. The number of benzene rings is 2. The lowest BCUT2D eigenvalue weighted by Gasteiger charge is -2.30. The molecule has 0 radical (unpaired) electrons. The molecule has 2 aliphatic carbocycles. The third-order valence-corrected chi connectivity index (χ3v) is 8.33. The van der Waals surface area contributed by atoms with Gasteiger partial charge in [0.1, 0.15) is 17.9 Å². The van der Waals surface area contributed by atoms with Gasteiger partial charge in [0.2, 0.25) is 0 Å². The van der Waals surface area contributed by atoms with Crippen LogP contribution in [0.4, 0.5) is 5.69 Å². The minimum atomic E-state index is 0.183. The van der Waals surface area contributed by atoms with E-state index in [1.807, 2.05) is 6.07 Å². The summed E-state index contributed by atoms with van der Waals surface area (Å²) in [5, 5.41) is 18.7. The molecule has 2 saturated carbocycles. The Balaban J connectivity index is 1.31. The number of anilines is 1. The van der Waals surface area contributed by atoms with E-state index < -0.39 is 0 Å². The highest BCUT2D eigenvalue weighted by Gasteiger charge is 2.28. The third kappa shape index (κ3) is 5.05. The zero-order chi connectivity index (χ0) is 25.2. The van der Waals surface area contributed by atoms with Gasteiger partial charge in [0, 0.05) is 42.1 Å². The van der Waals surface area contributed by atoms with Crippen molar-refractivity contribution in [2.45, 2.75) is 76.0 Å². The SMILES string of the molecule is N#Cc1c(-c2ccc(NC(=S)NC3CCCC3)cc2)n(C2CCC2)c2cc(OC3CCOCC3)ccc12. The predicted octanol–water partition coefficient (Wildman–Crippen LogP) is 6.69. The quantitative estimate of drug-likeness (QED) is 0.357. The summed E-state index contributed by atoms with van der Waals surface area (Å²) in [6.45, 7) is 1.50. The maximum atomic E-state index is 10.3. The van der Waals surface area contributed by atoms with Crippen molar-refractivity contribution in [1.29, 1.82) is 5.26 Å². The lowest BCUT2D eigenvalue weighted by Crippen LogP contribution is -2.35. The summed E-state index contributed by atoms with van der Waals surface area (Å²) in [5.74, 6) is 0.872. The highest BCUT2D eigenvalue weighted by atomic mass is 32.1. The van der Waals surface area contributed by atoms with Crippen LogP contribution in [0.2, 0.25) is 0 Å². The number of nitrogens with one attached hydrogen (secondary N) is 2. The summed E-state index contributed by atoms with van der Waals surface area (Å²) in [4.78, 5) is 0. The highest BCUT2D eigenvalue weighted by molar-refractivity contribution is 7.80. The van der Waals surface area contributed by atoms with E-state index in [2.05, 4.69) is 57.7 Å². The van der Waals surface area contributed by atoms with Gasteiger partial charge in [0.25, 0.3) is 0 Å². The molecule has 0 spiro atoms. The van der Waals surface area contributed by atoms with Gasteiger partial charge in [-0.05, 0) is 74.2 Å². The monoisotopic (exact) mass is 514 g/mol. The van der Waals surface area contributed by atoms with Gasteiger partial charge >= 0.3 is 0 Å². The van der Waals surface area contributed by atoms with E-state index in [1.54, 1.807) is 0 Å². The molecule has 37 heavy (non-hydrogen) atoms. The Labute approximate surface area is 223 Å². The van der Waals surface area contributed by atoms with Crippen LogP contribution in [0.25, 0.3) is 22.2 Å². The Morgan fingerprint density at radius 2 is 1.73 bits per heavy atom. The summed E-state index contributed by atoms with van der Waals surface area (Å²) < 4.78 is 14.2. The topological polar surface area (TPSA) is 71.2 Å². The van der Waals surface area contributed by atoms with Crippen molar-refractivity contribution >= 4 is 33.9 Å². The second kappa shape index (κ2) is 10.7. The number of nitriles is 1. The fraction of sp³-hybridized carbons (Fsp3) is 0.467. The molecule has 3 aliphatic rings. The molecule has 0 bridgehead atoms. The van der Waals surface area contributed by atoms with Crippen LogP contribution in [0, 0.1) is 11.3 Å². The molecule has 2 N–H and O–H groups in total. The Kier molecular flexibility index (Phi) is 7.04. The van der Waals surface area contributed by atoms with Gasteiger partial charge in [-0.1, -0.05) is 25.0 Å². The molecule has 0 atom stereocenters. The van der Waals surface area contributed by atoms with E-state index >= 15 is 0 Å². The van der Waals surface area contributed by atoms with Crippen molar-refractivity contribution in [1.82, 2.24) is 9.88 Å². The van der Waals surface area contributed by atoms with Gasteiger partial charge < -0.3 is 24.7 Å². The molecule has 7 heteroatoms. The summed E-state index contributed by atoms with van der Waals surface area (Å²) in [6, 6.07) is 17.9. The van der Waals surface area contributed by atoms with Crippen LogP contribution in [-0.4, -0.2) is 35.0 Å². The molecule has 1 aliphatic heterocycles. The standard InChI is InChI=1S/C30H34N4O2S/c31-19-27-26-13-12-25(36-24-14-16-35-17-15-24)18-28(26)34(23-6-3-7-23)29(27)20-8-10-22(11-9-20)33-30(37)32-21-4-1-2-5-21/h8-13,18,21,23-24H,1-7,14-17H2,(H2,32,33,37). The van der Waals surface area contributed by atoms with Crippen LogP contribution in [0.15, 0.2) is 42.5 Å². The molecule has 6 rings (SSSR count). The maximum Gasteiger partial charge on any atom is 0.170 e. The molecule has 2 heterocycles. The largest absolute Gasteiger partial charge is 0.490 e. The fourth-order valence-corrected chi connectivity index (χ4v) is 6.19. The van der Waals surface area contributed by atoms with Gasteiger partial charge in [-0.3, -0.25) is 0 Å². The van der Waals surface area contributed by atoms with Gasteiger partial charge in [0.05, 0.1) is 30.0 Å². The fourth-order valence-electron chi connectivity index (χ4n) is 5.91. The molecule has 3 fully saturated rings. The number of thiocarbonyl (C=S) groups is 1. The summed E-state index contributed by atoms with van der Waals surface area (Å²) in [7, 11) is 0. The van der Waals surface area contributed by atoms with E-state index in [4.69, 9.17) is 21.7 Å². The summed E-state index contributed by atoms with van der Waals surface area (Å²) in [6.07, 6.45) is 10.4. The number of fused-ring (bicyclic) bond motifs is 1. The number of hydrogen-bond acceptors (Lipinski definition) is 4. The Bertz CT molecular complexity index is 1310. The number of rotatable bonds is 6. The molecule has 0 amide bonds. The smallest absolute Gasteiger partial charge is 0.170 e. The van der Waals surface area contributed by atoms with Crippen LogP contribution in [-0.2, 0) is 4.74 Å². The first-order valence-electron chi connectivity index (χ1n) is 13.7. The molecule has 2 aromatic carbocycles. The van der Waals surface area contributed by atoms with E-state index in [0.717, 1.165) is 78.1 Å². The van der Waals surface area contributed by atoms with Crippen LogP contribution in [0.5, 0.6) is 5.75 Å². The molecule has 3 aromatic rings. The van der Waals surface area contributed by atoms with E-state index in [-0.39, 0.29) is 6.10 Å². The first-order chi connectivity index (χ1) is 18.2. The molecular weight excluding hydrogens is 480 g/mol. The number of nitrogens with zero attached hydrogens (tertiary/aromatic N) is 2. The number of hydrogen-bond donors (Lipinski definition) is 2. The third-order valence-electron chi connectivity index (χ3n) is 8.11. The maximum absolute atomic E-state index is 10.3. The van der Waals surface area contributed by atoms with Crippen molar-refractivity contribution in [3.8, 4) is 23.1 Å². The Hall–Kier alpha value is -3.08. The van der Waals surface area contributed by atoms with Gasteiger partial charge in [-0.15, -0.1) is 0 Å². The van der Waals surface area contributed by atoms with Crippen LogP contribution < -0.4 is 15.4 Å². The van der Waals surface area contributed by atoms with Gasteiger partial charge in [0.15, 0.2) is 5.11 Å². The lowest BCUT2D eigenvalue weighted by atomic mass is 9.92. The zero-order valence-corrected chi connectivity index (χ0v) is 22.0. The van der Waals surface area contributed by atoms with Gasteiger partial charge in [-0.2, -0.15) is 5.26 Å². The van der Waals surface area contributed by atoms with Crippen molar-refractivity contribution in [2.24, 2.45) is 0 Å². The van der Waals surface area contributed by atoms with Crippen molar-refractivity contribution in [3.05, 3.63) is 48.0 Å². The molecule has 1 saturated heterocycles. The van der Waals surface area contributed by atoms with E-state index in [9.17, 15) is 5.26 Å². The van der Waals surface area contributed by atoms with Crippen LogP contribution >= 0.6 is 12.2 Å². The molecule has 6 nitrogen and oxygen atoms in total. The molecule has 1 aromatic heterocycles. The van der Waals surface area contributed by atoms with E-state index in [0.29, 0.717) is 17.2 Å². The van der Waals surface area contributed by atoms with Crippen LogP contribution in [0.1, 0.15) is 69.4 Å². The molecular formula is C30H34N4O2S.